The summed E-state index contributed by atoms with van der Waals surface area (Å²) in [5.74, 6) is 0. The van der Waals surface area contributed by atoms with E-state index in [0.717, 1.165) is 23.5 Å². The normalized spacial score (nSPS) is 13.2. The molecule has 3 rings (SSSR count). The molecule has 2 aromatic carbocycles. The van der Waals surface area contributed by atoms with Crippen molar-refractivity contribution in [1.82, 2.24) is 0 Å². The lowest BCUT2D eigenvalue weighted by Crippen LogP contribution is -2.07. The Morgan fingerprint density at radius 2 is 1.26 bits per heavy atom. The van der Waals surface area contributed by atoms with Crippen LogP contribution in [0, 0.1) is 3.57 Å². The number of alkyl halides is 6. The minimum Gasteiger partial charge on any atom is -0.166 e. The van der Waals surface area contributed by atoms with Gasteiger partial charge in [-0.2, -0.15) is 26.3 Å². The summed E-state index contributed by atoms with van der Waals surface area (Å²) < 4.78 is 79.0. The van der Waals surface area contributed by atoms with Gasteiger partial charge in [0.25, 0.3) is 0 Å². The van der Waals surface area contributed by atoms with Crippen molar-refractivity contribution in [2.45, 2.75) is 12.4 Å². The van der Waals surface area contributed by atoms with Gasteiger partial charge in [0, 0.05) is 28.2 Å². The van der Waals surface area contributed by atoms with Gasteiger partial charge in [-0.1, -0.05) is 15.9 Å². The van der Waals surface area contributed by atoms with Crippen LogP contribution in [0.5, 0.6) is 0 Å². The van der Waals surface area contributed by atoms with Crippen molar-refractivity contribution in [3.8, 4) is 0 Å². The molecule has 0 amide bonds. The smallest absolute Gasteiger partial charge is 0.166 e. The van der Waals surface area contributed by atoms with Crippen molar-refractivity contribution in [3.63, 3.8) is 0 Å². The molecular weight excluding hydrogens is 521 g/mol. The second-order valence-corrected chi connectivity index (χ2v) is 7.85. The van der Waals surface area contributed by atoms with E-state index in [1.165, 1.54) is 12.1 Å². The Labute approximate surface area is 151 Å². The highest BCUT2D eigenvalue weighted by Gasteiger charge is 2.35. The Morgan fingerprint density at radius 1 is 0.783 bits per heavy atom. The Morgan fingerprint density at radius 3 is 1.78 bits per heavy atom. The van der Waals surface area contributed by atoms with E-state index in [2.05, 4.69) is 15.9 Å². The van der Waals surface area contributed by atoms with E-state index in [-0.39, 0.29) is 18.8 Å². The van der Waals surface area contributed by atoms with Gasteiger partial charge in [-0.05, 0) is 46.9 Å². The zero-order valence-electron chi connectivity index (χ0n) is 10.7. The summed E-state index contributed by atoms with van der Waals surface area (Å²) in [5.41, 5.74) is -1.75. The fourth-order valence-corrected chi connectivity index (χ4v) is 5.10. The highest BCUT2D eigenvalue weighted by molar-refractivity contribution is 14.1. The quantitative estimate of drug-likeness (QED) is 0.211. The van der Waals surface area contributed by atoms with Crippen molar-refractivity contribution in [2.75, 3.05) is 0 Å². The van der Waals surface area contributed by atoms with E-state index in [1.807, 2.05) is 0 Å². The summed E-state index contributed by atoms with van der Waals surface area (Å²) in [6.45, 7) is 0. The van der Waals surface area contributed by atoms with Crippen molar-refractivity contribution in [2.24, 2.45) is 0 Å². The van der Waals surface area contributed by atoms with Crippen LogP contribution in [0.4, 0.5) is 26.3 Å². The second kappa shape index (κ2) is 5.48. The Kier molecular flexibility index (Phi) is 4.12. The molecule has 0 unspecified atom stereocenters. The maximum Gasteiger partial charge on any atom is 0.417 e. The van der Waals surface area contributed by atoms with E-state index in [1.54, 1.807) is 22.6 Å². The van der Waals surface area contributed by atoms with Gasteiger partial charge in [-0.25, -0.2) is 0 Å². The van der Waals surface area contributed by atoms with Gasteiger partial charge in [0.15, 0.2) is 0 Å². The third kappa shape index (κ3) is 3.07. The number of halogens is 8. The first-order valence-electron chi connectivity index (χ1n) is 5.98. The lowest BCUT2D eigenvalue weighted by atomic mass is 10.1. The molecule has 0 saturated heterocycles. The number of rotatable bonds is 0. The number of fused-ring (bicyclic) bond motifs is 3. The van der Waals surface area contributed by atoms with E-state index in [9.17, 15) is 26.3 Å². The van der Waals surface area contributed by atoms with Crippen LogP contribution < -0.4 is 0 Å². The first-order chi connectivity index (χ1) is 10.5. The monoisotopic (exact) mass is 524 g/mol. The molecule has 1 aromatic heterocycles. The minimum atomic E-state index is -4.59. The molecule has 0 spiro atoms. The fourth-order valence-electron chi connectivity index (χ4n) is 2.25. The zero-order valence-corrected chi connectivity index (χ0v) is 15.3. The molecule has 122 valence electrons. The van der Waals surface area contributed by atoms with E-state index < -0.39 is 23.5 Å². The molecule has 0 saturated carbocycles. The standard InChI is InChI=1S/C14H4BrF6IS/c15-9-3-11-5(1-7(9)13(16,17)18)6-2-8(14(19,20)21)10(22)4-12(6)23-11/h1-4H. The maximum absolute atomic E-state index is 13.0. The number of benzene rings is 2. The van der Waals surface area contributed by atoms with E-state index in [4.69, 9.17) is 0 Å². The number of hydrogen-bond acceptors (Lipinski definition) is 1. The zero-order chi connectivity index (χ0) is 17.2. The van der Waals surface area contributed by atoms with E-state index >= 15 is 0 Å². The van der Waals surface area contributed by atoms with Gasteiger partial charge >= 0.3 is 12.4 Å². The molecule has 0 radical (unpaired) electrons. The van der Waals surface area contributed by atoms with Gasteiger partial charge in [0.2, 0.25) is 0 Å². The molecule has 3 aromatic rings. The van der Waals surface area contributed by atoms with Crippen LogP contribution >= 0.6 is 49.9 Å². The molecule has 1 heterocycles. The van der Waals surface area contributed by atoms with Gasteiger partial charge in [0.05, 0.1) is 11.1 Å². The highest BCUT2D eigenvalue weighted by atomic mass is 127. The summed E-state index contributed by atoms with van der Waals surface area (Å²) in [6, 6.07) is 4.46. The summed E-state index contributed by atoms with van der Waals surface area (Å²) >= 11 is 5.62. The van der Waals surface area contributed by atoms with Crippen molar-refractivity contribution in [1.29, 1.82) is 0 Å². The largest absolute Gasteiger partial charge is 0.417 e. The first-order valence-corrected chi connectivity index (χ1v) is 8.67. The third-order valence-corrected chi connectivity index (χ3v) is 5.92. The molecule has 9 heteroatoms. The van der Waals surface area contributed by atoms with Gasteiger partial charge in [-0.15, -0.1) is 11.3 Å². The Bertz CT molecular complexity index is 851. The van der Waals surface area contributed by atoms with Crippen LogP contribution in [-0.4, -0.2) is 0 Å². The predicted octanol–water partition coefficient (Wildman–Crippen LogP) is 7.46. The molecule has 0 aliphatic carbocycles. The van der Waals surface area contributed by atoms with Gasteiger partial charge in [-0.3, -0.25) is 0 Å². The molecule has 23 heavy (non-hydrogen) atoms. The third-order valence-electron chi connectivity index (χ3n) is 3.26. The molecule has 0 aliphatic rings. The lowest BCUT2D eigenvalue weighted by molar-refractivity contribution is -0.139. The molecule has 0 bridgehead atoms. The Balaban J connectivity index is 2.40. The molecule has 0 nitrogen and oxygen atoms in total. The molecule has 0 N–H and O–H groups in total. The van der Waals surface area contributed by atoms with Crippen LogP contribution in [0.1, 0.15) is 11.1 Å². The van der Waals surface area contributed by atoms with Crippen molar-refractivity contribution >= 4 is 70.0 Å². The molecule has 0 fully saturated rings. The van der Waals surface area contributed by atoms with Gasteiger partial charge < -0.3 is 0 Å². The van der Waals surface area contributed by atoms with Gasteiger partial charge in [0.1, 0.15) is 0 Å². The first kappa shape index (κ1) is 17.3. The van der Waals surface area contributed by atoms with Crippen LogP contribution in [0.25, 0.3) is 20.2 Å². The van der Waals surface area contributed by atoms with E-state index in [0.29, 0.717) is 9.40 Å². The van der Waals surface area contributed by atoms with Crippen LogP contribution in [0.3, 0.4) is 0 Å². The van der Waals surface area contributed by atoms with Crippen molar-refractivity contribution < 1.29 is 26.3 Å². The summed E-state index contributed by atoms with van der Waals surface area (Å²) in [6.07, 6.45) is -9.14. The summed E-state index contributed by atoms with van der Waals surface area (Å²) in [7, 11) is 0. The molecule has 0 atom stereocenters. The number of thiophene rings is 1. The fraction of sp³-hybridized carbons (Fsp3) is 0.143. The minimum absolute atomic E-state index is 0.0178. The van der Waals surface area contributed by atoms with Crippen molar-refractivity contribution in [3.05, 3.63) is 43.4 Å². The summed E-state index contributed by atoms with van der Waals surface area (Å²) in [4.78, 5) is 0. The predicted molar refractivity (Wildman–Crippen MR) is 89.8 cm³/mol. The van der Waals surface area contributed by atoms with Crippen LogP contribution in [-0.2, 0) is 12.4 Å². The molecule has 0 aliphatic heterocycles. The Hall–Kier alpha value is -0.550. The highest BCUT2D eigenvalue weighted by Crippen LogP contribution is 2.44. The lowest BCUT2D eigenvalue weighted by Gasteiger charge is -2.10. The van der Waals surface area contributed by atoms with Crippen LogP contribution in [0.15, 0.2) is 28.7 Å². The maximum atomic E-state index is 13.0. The second-order valence-electron chi connectivity index (χ2n) is 4.75. The average molecular weight is 525 g/mol. The SMILES string of the molecule is FC(F)(F)c1cc2c(cc1Br)sc1cc(I)c(C(F)(F)F)cc12. The average Bonchev–Trinajstić information content (AvgIpc) is 2.70. The number of hydrogen-bond donors (Lipinski definition) is 0. The topological polar surface area (TPSA) is 0 Å². The van der Waals surface area contributed by atoms with Crippen LogP contribution in [0.2, 0.25) is 0 Å². The summed E-state index contributed by atoms with van der Waals surface area (Å²) in [5, 5.41) is 0.346. The molecular formula is C14H4BrF6IS.